The summed E-state index contributed by atoms with van der Waals surface area (Å²) in [4.78, 5) is 38.0. The van der Waals surface area contributed by atoms with E-state index in [4.69, 9.17) is 9.47 Å². The van der Waals surface area contributed by atoms with E-state index in [0.717, 1.165) is 5.56 Å². The summed E-state index contributed by atoms with van der Waals surface area (Å²) in [5, 5.41) is 2.61. The lowest BCUT2D eigenvalue weighted by molar-refractivity contribution is -0.141. The number of hydrogen-bond donors (Lipinski definition) is 1. The van der Waals surface area contributed by atoms with Gasteiger partial charge in [-0.3, -0.25) is 14.9 Å². The molecule has 0 aromatic heterocycles. The van der Waals surface area contributed by atoms with E-state index >= 15 is 0 Å². The van der Waals surface area contributed by atoms with Crippen LogP contribution in [0.1, 0.15) is 36.7 Å². The van der Waals surface area contributed by atoms with E-state index < -0.39 is 17.7 Å². The molecule has 154 valence electrons. The van der Waals surface area contributed by atoms with Gasteiger partial charge in [-0.2, -0.15) is 0 Å². The molecule has 0 saturated carbocycles. The van der Waals surface area contributed by atoms with Crippen molar-refractivity contribution in [2.24, 2.45) is 0 Å². The molecule has 0 spiro atoms. The maximum absolute atomic E-state index is 12.9. The number of amides is 2. The fourth-order valence-electron chi connectivity index (χ4n) is 2.52. The van der Waals surface area contributed by atoms with Gasteiger partial charge in [0.05, 0.1) is 7.11 Å². The van der Waals surface area contributed by atoms with Gasteiger partial charge in [-0.1, -0.05) is 30.3 Å². The van der Waals surface area contributed by atoms with Crippen molar-refractivity contribution in [3.05, 3.63) is 65.7 Å². The molecule has 0 aliphatic carbocycles. The average molecular weight is 398 g/mol. The Hall–Kier alpha value is -3.35. The predicted molar refractivity (Wildman–Crippen MR) is 109 cm³/mol. The lowest BCUT2D eigenvalue weighted by Crippen LogP contribution is -2.35. The number of benzene rings is 2. The Balaban J connectivity index is 2.11. The van der Waals surface area contributed by atoms with Crippen molar-refractivity contribution in [3.8, 4) is 0 Å². The van der Waals surface area contributed by atoms with Crippen LogP contribution in [0.25, 0.3) is 0 Å². The smallest absolute Gasteiger partial charge is 0.412 e. The number of nitrogens with zero attached hydrogens (tertiary/aromatic N) is 1. The van der Waals surface area contributed by atoms with Crippen LogP contribution in [0.3, 0.4) is 0 Å². The highest BCUT2D eigenvalue weighted by atomic mass is 16.6. The highest BCUT2D eigenvalue weighted by molar-refractivity contribution is 5.96. The fourth-order valence-corrected chi connectivity index (χ4v) is 2.52. The van der Waals surface area contributed by atoms with Crippen LogP contribution in [0.5, 0.6) is 0 Å². The van der Waals surface area contributed by atoms with Crippen LogP contribution >= 0.6 is 0 Å². The van der Waals surface area contributed by atoms with E-state index in [1.807, 2.05) is 30.3 Å². The molecule has 0 heterocycles. The normalized spacial score (nSPS) is 10.8. The van der Waals surface area contributed by atoms with Crippen LogP contribution < -0.4 is 5.32 Å². The standard InChI is InChI=1S/C22H26N2O5/c1-22(2,3)29-21(27)23-18-12-10-17(11-13-18)20(26)24(15-19(25)28-4)14-16-8-6-5-7-9-16/h5-13H,14-15H2,1-4H3,(H,23,27). The van der Waals surface area contributed by atoms with Gasteiger partial charge >= 0.3 is 12.1 Å². The molecule has 0 bridgehead atoms. The van der Waals surface area contributed by atoms with Crippen LogP contribution in [0, 0.1) is 0 Å². The molecule has 2 aromatic rings. The Labute approximate surface area is 170 Å². The van der Waals surface area contributed by atoms with E-state index in [9.17, 15) is 14.4 Å². The summed E-state index contributed by atoms with van der Waals surface area (Å²) in [6, 6.07) is 15.8. The van der Waals surface area contributed by atoms with Crippen molar-refractivity contribution in [1.82, 2.24) is 4.90 Å². The second-order valence-corrected chi connectivity index (χ2v) is 7.43. The van der Waals surface area contributed by atoms with Crippen molar-refractivity contribution in [3.63, 3.8) is 0 Å². The van der Waals surface area contributed by atoms with Gasteiger partial charge in [0, 0.05) is 17.8 Å². The van der Waals surface area contributed by atoms with Crippen LogP contribution in [0.4, 0.5) is 10.5 Å². The van der Waals surface area contributed by atoms with E-state index in [0.29, 0.717) is 11.3 Å². The largest absolute Gasteiger partial charge is 0.468 e. The van der Waals surface area contributed by atoms with Crippen molar-refractivity contribution in [2.45, 2.75) is 32.9 Å². The number of anilines is 1. The van der Waals surface area contributed by atoms with Gasteiger partial charge in [0.15, 0.2) is 0 Å². The monoisotopic (exact) mass is 398 g/mol. The molecule has 2 amide bonds. The number of carbonyl (C=O) groups is 3. The van der Waals surface area contributed by atoms with Gasteiger partial charge in [-0.15, -0.1) is 0 Å². The van der Waals surface area contributed by atoms with Crippen molar-refractivity contribution < 1.29 is 23.9 Å². The summed E-state index contributed by atoms with van der Waals surface area (Å²) >= 11 is 0. The summed E-state index contributed by atoms with van der Waals surface area (Å²) in [7, 11) is 1.28. The molecule has 7 nitrogen and oxygen atoms in total. The number of rotatable bonds is 6. The van der Waals surface area contributed by atoms with E-state index in [1.165, 1.54) is 12.0 Å². The molecule has 0 aliphatic rings. The third kappa shape index (κ3) is 7.29. The van der Waals surface area contributed by atoms with Gasteiger partial charge in [0.1, 0.15) is 12.1 Å². The molecule has 0 radical (unpaired) electrons. The molecule has 0 aliphatic heterocycles. The maximum atomic E-state index is 12.9. The first kappa shape index (κ1) is 21.9. The quantitative estimate of drug-likeness (QED) is 0.747. The SMILES string of the molecule is COC(=O)CN(Cc1ccccc1)C(=O)c1ccc(NC(=O)OC(C)(C)C)cc1. The van der Waals surface area contributed by atoms with Crippen LogP contribution in [0.15, 0.2) is 54.6 Å². The Morgan fingerprint density at radius 1 is 0.966 bits per heavy atom. The first-order valence-corrected chi connectivity index (χ1v) is 9.18. The molecule has 0 atom stereocenters. The Morgan fingerprint density at radius 3 is 2.14 bits per heavy atom. The van der Waals surface area contributed by atoms with Gasteiger partial charge in [-0.05, 0) is 50.6 Å². The molecular formula is C22H26N2O5. The minimum atomic E-state index is -0.605. The molecule has 29 heavy (non-hydrogen) atoms. The first-order chi connectivity index (χ1) is 13.7. The zero-order valence-corrected chi connectivity index (χ0v) is 17.1. The number of carbonyl (C=O) groups excluding carboxylic acids is 3. The van der Waals surface area contributed by atoms with Crippen molar-refractivity contribution in [1.29, 1.82) is 0 Å². The number of hydrogen-bond acceptors (Lipinski definition) is 5. The van der Waals surface area contributed by atoms with Gasteiger partial charge in [0.25, 0.3) is 5.91 Å². The van der Waals surface area contributed by atoms with E-state index in [1.54, 1.807) is 45.0 Å². The Bertz CT molecular complexity index is 842. The number of methoxy groups -OCH3 is 1. The molecule has 7 heteroatoms. The van der Waals surface area contributed by atoms with Gasteiger partial charge < -0.3 is 14.4 Å². The number of nitrogens with one attached hydrogen (secondary N) is 1. The van der Waals surface area contributed by atoms with Crippen LogP contribution in [-0.4, -0.2) is 42.1 Å². The minimum Gasteiger partial charge on any atom is -0.468 e. The first-order valence-electron chi connectivity index (χ1n) is 9.18. The van der Waals surface area contributed by atoms with Crippen molar-refractivity contribution >= 4 is 23.7 Å². The summed E-state index contributed by atoms with van der Waals surface area (Å²) in [6.07, 6.45) is -0.576. The molecule has 2 rings (SSSR count). The third-order valence-electron chi connectivity index (χ3n) is 3.83. The summed E-state index contributed by atoms with van der Waals surface area (Å²) in [6.45, 7) is 5.43. The van der Waals surface area contributed by atoms with Gasteiger partial charge in [-0.25, -0.2) is 4.79 Å². The highest BCUT2D eigenvalue weighted by Crippen LogP contribution is 2.15. The van der Waals surface area contributed by atoms with E-state index in [-0.39, 0.29) is 19.0 Å². The molecule has 0 fully saturated rings. The zero-order valence-electron chi connectivity index (χ0n) is 17.1. The summed E-state index contributed by atoms with van der Waals surface area (Å²) in [5.74, 6) is -0.819. The molecule has 0 unspecified atom stereocenters. The van der Waals surface area contributed by atoms with Crippen molar-refractivity contribution in [2.75, 3.05) is 19.0 Å². The van der Waals surface area contributed by atoms with Gasteiger partial charge in [0.2, 0.25) is 0 Å². The molecule has 1 N–H and O–H groups in total. The Morgan fingerprint density at radius 2 is 1.59 bits per heavy atom. The van der Waals surface area contributed by atoms with E-state index in [2.05, 4.69) is 5.32 Å². The fraction of sp³-hybridized carbons (Fsp3) is 0.318. The third-order valence-corrected chi connectivity index (χ3v) is 3.83. The number of esters is 1. The minimum absolute atomic E-state index is 0.165. The topological polar surface area (TPSA) is 84.9 Å². The highest BCUT2D eigenvalue weighted by Gasteiger charge is 2.20. The second-order valence-electron chi connectivity index (χ2n) is 7.43. The average Bonchev–Trinajstić information content (AvgIpc) is 2.66. The second kappa shape index (κ2) is 9.73. The Kier molecular flexibility index (Phi) is 7.36. The maximum Gasteiger partial charge on any atom is 0.412 e. The molecular weight excluding hydrogens is 372 g/mol. The predicted octanol–water partition coefficient (Wildman–Crippen LogP) is 3.85. The summed E-state index contributed by atoms with van der Waals surface area (Å²) < 4.78 is 9.92. The lowest BCUT2D eigenvalue weighted by atomic mass is 10.1. The molecule has 0 saturated heterocycles. The van der Waals surface area contributed by atoms with Crippen LogP contribution in [0.2, 0.25) is 0 Å². The van der Waals surface area contributed by atoms with Crippen LogP contribution in [-0.2, 0) is 20.8 Å². The lowest BCUT2D eigenvalue weighted by Gasteiger charge is -2.22. The molecule has 2 aromatic carbocycles. The zero-order chi connectivity index (χ0) is 21.4. The number of ether oxygens (including phenoxy) is 2. The summed E-state index contributed by atoms with van der Waals surface area (Å²) in [5.41, 5.74) is 1.18.